The van der Waals surface area contributed by atoms with Crippen LogP contribution in [-0.4, -0.2) is 26.3 Å². The summed E-state index contributed by atoms with van der Waals surface area (Å²) in [5.41, 5.74) is -0.490. The smallest absolute Gasteiger partial charge is 0.252 e. The zero-order chi connectivity index (χ0) is 13.9. The normalized spacial score (nSPS) is 26.9. The van der Waals surface area contributed by atoms with Crippen LogP contribution in [0, 0.1) is 22.7 Å². The van der Waals surface area contributed by atoms with Gasteiger partial charge in [-0.3, -0.25) is 5.32 Å². The Morgan fingerprint density at radius 3 is 2.89 bits per heavy atom. The third-order valence-electron chi connectivity index (χ3n) is 3.49. The molecule has 0 aromatic carbocycles. The van der Waals surface area contributed by atoms with Crippen molar-refractivity contribution in [2.24, 2.45) is 0 Å². The fourth-order valence-electron chi connectivity index (χ4n) is 2.79. The van der Waals surface area contributed by atoms with E-state index in [2.05, 4.69) is 21.5 Å². The Hall–Kier alpha value is -1.92. The molecule has 0 bridgehead atoms. The van der Waals surface area contributed by atoms with Crippen molar-refractivity contribution in [2.75, 3.05) is 0 Å². The summed E-state index contributed by atoms with van der Waals surface area (Å²) >= 11 is 0. The average molecular weight is 258 g/mol. The third-order valence-corrected chi connectivity index (χ3v) is 3.49. The summed E-state index contributed by atoms with van der Waals surface area (Å²) in [6.45, 7) is 4.10. The second kappa shape index (κ2) is 5.38. The molecule has 6 heteroatoms. The molecule has 1 saturated carbocycles. The molecular weight excluding hydrogens is 240 g/mol. The number of aromatic nitrogens is 3. The molecule has 0 aliphatic heterocycles. The van der Waals surface area contributed by atoms with Gasteiger partial charge in [-0.2, -0.15) is 10.5 Å². The van der Waals surface area contributed by atoms with E-state index in [0.717, 1.165) is 19.3 Å². The predicted molar refractivity (Wildman–Crippen MR) is 68.9 cm³/mol. The van der Waals surface area contributed by atoms with Crippen molar-refractivity contribution < 1.29 is 0 Å². The Kier molecular flexibility index (Phi) is 3.82. The van der Waals surface area contributed by atoms with Crippen LogP contribution < -0.4 is 5.32 Å². The second-order valence-corrected chi connectivity index (χ2v) is 5.40. The summed E-state index contributed by atoms with van der Waals surface area (Å²) in [6, 6.07) is 4.76. The van der Waals surface area contributed by atoms with Crippen molar-refractivity contribution in [3.63, 3.8) is 0 Å². The summed E-state index contributed by atoms with van der Waals surface area (Å²) in [6.07, 6.45) is 5.09. The number of rotatable bonds is 3. The summed E-state index contributed by atoms with van der Waals surface area (Å²) in [5.74, 6) is 0.185. The number of hydrogen-bond acceptors (Lipinski definition) is 5. The number of hydrogen-bond donors (Lipinski definition) is 1. The van der Waals surface area contributed by atoms with E-state index in [-0.39, 0.29) is 17.9 Å². The minimum absolute atomic E-state index is 0.134. The predicted octanol–water partition coefficient (Wildman–Crippen LogP) is 1.53. The van der Waals surface area contributed by atoms with E-state index in [0.29, 0.717) is 6.42 Å². The topological polar surface area (TPSA) is 90.3 Å². The molecule has 1 N–H and O–H groups in total. The number of nitriles is 2. The van der Waals surface area contributed by atoms with E-state index < -0.39 is 5.54 Å². The van der Waals surface area contributed by atoms with Gasteiger partial charge in [0.05, 0.1) is 12.1 Å². The van der Waals surface area contributed by atoms with Crippen molar-refractivity contribution >= 4 is 0 Å². The van der Waals surface area contributed by atoms with Crippen LogP contribution in [0.3, 0.4) is 0 Å². The Labute approximate surface area is 113 Å². The Balaban J connectivity index is 2.16. The average Bonchev–Trinajstić information content (AvgIpc) is 2.87. The van der Waals surface area contributed by atoms with Crippen molar-refractivity contribution in [1.82, 2.24) is 20.1 Å². The first kappa shape index (κ1) is 13.5. The van der Waals surface area contributed by atoms with Crippen LogP contribution >= 0.6 is 0 Å². The highest BCUT2D eigenvalue weighted by Crippen LogP contribution is 2.35. The Morgan fingerprint density at radius 1 is 1.53 bits per heavy atom. The maximum absolute atomic E-state index is 9.50. The van der Waals surface area contributed by atoms with Crippen LogP contribution in [-0.2, 0) is 0 Å². The first-order chi connectivity index (χ1) is 9.08. The van der Waals surface area contributed by atoms with Crippen molar-refractivity contribution in [1.29, 1.82) is 10.5 Å². The van der Waals surface area contributed by atoms with E-state index in [1.165, 1.54) is 0 Å². The molecule has 0 saturated heterocycles. The zero-order valence-electron chi connectivity index (χ0n) is 11.3. The van der Waals surface area contributed by atoms with Crippen molar-refractivity contribution in [3.8, 4) is 12.1 Å². The lowest BCUT2D eigenvalue weighted by molar-refractivity contribution is 0.209. The molecule has 0 radical (unpaired) electrons. The number of nitrogens with one attached hydrogen (secondary N) is 1. The first-order valence-electron chi connectivity index (χ1n) is 6.59. The molecule has 19 heavy (non-hydrogen) atoms. The zero-order valence-corrected chi connectivity index (χ0v) is 11.3. The minimum atomic E-state index is -0.490. The third kappa shape index (κ3) is 2.91. The molecule has 0 spiro atoms. The lowest BCUT2D eigenvalue weighted by atomic mass is 9.79. The Bertz CT molecular complexity index is 520. The van der Waals surface area contributed by atoms with E-state index in [1.54, 1.807) is 11.0 Å². The second-order valence-electron chi connectivity index (χ2n) is 5.40. The van der Waals surface area contributed by atoms with E-state index in [4.69, 9.17) is 5.26 Å². The van der Waals surface area contributed by atoms with Crippen LogP contribution in [0.1, 0.15) is 51.4 Å². The van der Waals surface area contributed by atoms with E-state index in [1.807, 2.05) is 19.9 Å². The highest BCUT2D eigenvalue weighted by atomic mass is 15.3. The van der Waals surface area contributed by atoms with Gasteiger partial charge in [-0.15, -0.1) is 5.10 Å². The maximum atomic E-state index is 9.50. The van der Waals surface area contributed by atoms with Gasteiger partial charge in [0, 0.05) is 12.5 Å². The van der Waals surface area contributed by atoms with Crippen LogP contribution in [0.4, 0.5) is 0 Å². The molecule has 6 nitrogen and oxygen atoms in total. The van der Waals surface area contributed by atoms with Crippen LogP contribution in [0.25, 0.3) is 0 Å². The van der Waals surface area contributed by atoms with Gasteiger partial charge >= 0.3 is 0 Å². The highest BCUT2D eigenvalue weighted by Gasteiger charge is 2.37. The maximum Gasteiger partial charge on any atom is 0.252 e. The van der Waals surface area contributed by atoms with E-state index in [9.17, 15) is 5.26 Å². The largest absolute Gasteiger partial charge is 0.297 e. The van der Waals surface area contributed by atoms with E-state index >= 15 is 0 Å². The lowest BCUT2D eigenvalue weighted by Gasteiger charge is -2.37. The molecule has 100 valence electrons. The van der Waals surface area contributed by atoms with Crippen molar-refractivity contribution in [2.45, 2.75) is 57.2 Å². The van der Waals surface area contributed by atoms with Gasteiger partial charge in [-0.25, -0.2) is 9.67 Å². The summed E-state index contributed by atoms with van der Waals surface area (Å²) in [4.78, 5) is 3.93. The molecule has 0 amide bonds. The fourth-order valence-corrected chi connectivity index (χ4v) is 2.79. The first-order valence-corrected chi connectivity index (χ1v) is 6.59. The van der Waals surface area contributed by atoms with Gasteiger partial charge in [0.15, 0.2) is 0 Å². The molecule has 1 aliphatic carbocycles. The molecule has 1 aliphatic rings. The lowest BCUT2D eigenvalue weighted by Crippen LogP contribution is -2.50. The fraction of sp³-hybridized carbons (Fsp3) is 0.692. The highest BCUT2D eigenvalue weighted by molar-refractivity contribution is 5.12. The van der Waals surface area contributed by atoms with Crippen LogP contribution in [0.15, 0.2) is 6.33 Å². The molecule has 2 rings (SSSR count). The molecule has 1 heterocycles. The van der Waals surface area contributed by atoms with Crippen molar-refractivity contribution in [3.05, 3.63) is 12.2 Å². The van der Waals surface area contributed by atoms with Gasteiger partial charge in [-0.1, -0.05) is 0 Å². The number of nitrogens with zero attached hydrogens (tertiary/aromatic N) is 5. The molecule has 1 aromatic heterocycles. The summed E-state index contributed by atoms with van der Waals surface area (Å²) in [7, 11) is 0. The molecule has 2 unspecified atom stereocenters. The van der Waals surface area contributed by atoms with Crippen LogP contribution in [0.5, 0.6) is 0 Å². The van der Waals surface area contributed by atoms with Gasteiger partial charge in [0.25, 0.3) is 5.82 Å². The van der Waals surface area contributed by atoms with Gasteiger partial charge < -0.3 is 0 Å². The van der Waals surface area contributed by atoms with Gasteiger partial charge in [-0.05, 0) is 33.1 Å². The standard InChI is InChI=1S/C13H18N6/c1-10(2)17-13(8-15)5-3-4-11(6-13)19-9-16-12(7-14)18-19/h9-11,17H,3-6H2,1-2H3. The Morgan fingerprint density at radius 2 is 2.32 bits per heavy atom. The monoisotopic (exact) mass is 258 g/mol. The minimum Gasteiger partial charge on any atom is -0.297 e. The molecule has 1 aromatic rings. The SMILES string of the molecule is CC(C)NC1(C#N)CCCC(n2cnc(C#N)n2)C1. The molecule has 2 atom stereocenters. The molecular formula is C13H18N6. The summed E-state index contributed by atoms with van der Waals surface area (Å²) in [5, 5.41) is 25.8. The van der Waals surface area contributed by atoms with Crippen LogP contribution in [0.2, 0.25) is 0 Å². The van der Waals surface area contributed by atoms with Gasteiger partial charge in [0.2, 0.25) is 0 Å². The molecule has 1 fully saturated rings. The van der Waals surface area contributed by atoms with Gasteiger partial charge in [0.1, 0.15) is 17.9 Å². The summed E-state index contributed by atoms with van der Waals surface area (Å²) < 4.78 is 1.73. The quantitative estimate of drug-likeness (QED) is 0.887.